The van der Waals surface area contributed by atoms with Crippen molar-refractivity contribution in [3.05, 3.63) is 63.6 Å². The Morgan fingerprint density at radius 2 is 1.62 bits per heavy atom. The molecule has 0 heterocycles. The smallest absolute Gasteiger partial charge is 0.258 e. The molecule has 0 unspecified atom stereocenters. The van der Waals surface area contributed by atoms with Crippen LogP contribution in [0.15, 0.2) is 42.5 Å². The third-order valence-electron chi connectivity index (χ3n) is 4.20. The molecular weight excluding hydrogens is 369 g/mol. The minimum absolute atomic E-state index is 0.0759. The quantitative estimate of drug-likeness (QED) is 0.625. The van der Waals surface area contributed by atoms with Crippen molar-refractivity contribution in [2.24, 2.45) is 5.92 Å². The largest absolute Gasteiger partial charge is 0.482 e. The molecule has 0 bridgehead atoms. The first-order valence-corrected chi connectivity index (χ1v) is 9.50. The molecule has 26 heavy (non-hydrogen) atoms. The molecule has 0 spiro atoms. The number of ether oxygens (including phenoxy) is 1. The molecule has 1 N–H and O–H groups in total. The third kappa shape index (κ3) is 5.65. The second-order valence-corrected chi connectivity index (χ2v) is 7.82. The highest BCUT2D eigenvalue weighted by Crippen LogP contribution is 2.28. The van der Waals surface area contributed by atoms with E-state index >= 15 is 0 Å². The van der Waals surface area contributed by atoms with Gasteiger partial charge in [-0.15, -0.1) is 0 Å². The number of nitrogens with one attached hydrogen (secondary N) is 1. The Kier molecular flexibility index (Phi) is 7.36. The number of carbonyl (C=O) groups excluding carboxylic acids is 1. The Bertz CT molecular complexity index is 742. The fourth-order valence-corrected chi connectivity index (χ4v) is 3.14. The van der Waals surface area contributed by atoms with E-state index in [1.807, 2.05) is 0 Å². The van der Waals surface area contributed by atoms with Gasteiger partial charge in [0.15, 0.2) is 6.61 Å². The summed E-state index contributed by atoms with van der Waals surface area (Å²) in [6, 6.07) is 13.2. The number of amides is 1. The topological polar surface area (TPSA) is 38.3 Å². The number of hydrogen-bond donors (Lipinski definition) is 1. The molecule has 140 valence electrons. The van der Waals surface area contributed by atoms with E-state index in [0.29, 0.717) is 21.7 Å². The molecule has 1 amide bonds. The average Bonchev–Trinajstić information content (AvgIpc) is 2.58. The van der Waals surface area contributed by atoms with Gasteiger partial charge in [-0.1, -0.05) is 75.2 Å². The van der Waals surface area contributed by atoms with Crippen molar-refractivity contribution >= 4 is 29.1 Å². The van der Waals surface area contributed by atoms with Crippen LogP contribution in [-0.2, 0) is 4.79 Å². The van der Waals surface area contributed by atoms with Crippen molar-refractivity contribution in [2.45, 2.75) is 39.7 Å². The minimum atomic E-state index is -0.192. The lowest BCUT2D eigenvalue weighted by Crippen LogP contribution is -2.35. The lowest BCUT2D eigenvalue weighted by atomic mass is 9.93. The first-order chi connectivity index (χ1) is 12.3. The van der Waals surface area contributed by atoms with E-state index in [-0.39, 0.29) is 24.5 Å². The molecule has 0 radical (unpaired) electrons. The second-order valence-electron chi connectivity index (χ2n) is 6.97. The molecule has 2 aromatic carbocycles. The molecule has 3 nitrogen and oxygen atoms in total. The van der Waals surface area contributed by atoms with Crippen LogP contribution in [-0.4, -0.2) is 12.5 Å². The maximum absolute atomic E-state index is 12.4. The van der Waals surface area contributed by atoms with Gasteiger partial charge in [-0.05, 0) is 41.2 Å². The zero-order valence-electron chi connectivity index (χ0n) is 15.6. The van der Waals surface area contributed by atoms with Crippen LogP contribution < -0.4 is 10.1 Å². The van der Waals surface area contributed by atoms with E-state index < -0.39 is 0 Å². The van der Waals surface area contributed by atoms with Gasteiger partial charge in [0.1, 0.15) is 5.75 Å². The molecule has 2 rings (SSSR count). The van der Waals surface area contributed by atoms with Crippen molar-refractivity contribution in [3.8, 4) is 5.75 Å². The van der Waals surface area contributed by atoms with Gasteiger partial charge in [-0.2, -0.15) is 0 Å². The van der Waals surface area contributed by atoms with E-state index in [1.165, 1.54) is 5.56 Å². The lowest BCUT2D eigenvalue weighted by molar-refractivity contribution is -0.124. The Labute approximate surface area is 165 Å². The second kappa shape index (κ2) is 9.29. The van der Waals surface area contributed by atoms with Crippen molar-refractivity contribution in [3.63, 3.8) is 0 Å². The SMILES string of the molecule is CC(C)c1ccc([C@H](NC(=O)COc2ccc(Cl)cc2Cl)C(C)C)cc1. The summed E-state index contributed by atoms with van der Waals surface area (Å²) in [7, 11) is 0. The summed E-state index contributed by atoms with van der Waals surface area (Å²) in [6.07, 6.45) is 0. The Morgan fingerprint density at radius 3 is 2.15 bits per heavy atom. The molecule has 2 aromatic rings. The van der Waals surface area contributed by atoms with Gasteiger partial charge >= 0.3 is 0 Å². The summed E-state index contributed by atoms with van der Waals surface area (Å²) in [4.78, 5) is 12.4. The molecule has 5 heteroatoms. The van der Waals surface area contributed by atoms with E-state index in [0.717, 1.165) is 5.56 Å². The van der Waals surface area contributed by atoms with Crippen LogP contribution in [0, 0.1) is 5.92 Å². The van der Waals surface area contributed by atoms with Gasteiger partial charge in [0.25, 0.3) is 5.91 Å². The van der Waals surface area contributed by atoms with Crippen LogP contribution in [0.1, 0.15) is 50.8 Å². The van der Waals surface area contributed by atoms with Crippen LogP contribution in [0.5, 0.6) is 5.75 Å². The number of halogens is 2. The summed E-state index contributed by atoms with van der Waals surface area (Å²) in [6.45, 7) is 8.39. The number of hydrogen-bond acceptors (Lipinski definition) is 2. The van der Waals surface area contributed by atoms with Gasteiger partial charge in [0.05, 0.1) is 11.1 Å². The number of rotatable bonds is 7. The Hall–Kier alpha value is -1.71. The molecule has 0 saturated carbocycles. The Morgan fingerprint density at radius 1 is 1.00 bits per heavy atom. The van der Waals surface area contributed by atoms with Gasteiger partial charge in [-0.25, -0.2) is 0 Å². The molecule has 0 fully saturated rings. The summed E-state index contributed by atoms with van der Waals surface area (Å²) in [5, 5.41) is 3.96. The monoisotopic (exact) mass is 393 g/mol. The van der Waals surface area contributed by atoms with E-state index in [1.54, 1.807) is 18.2 Å². The van der Waals surface area contributed by atoms with Crippen LogP contribution in [0.2, 0.25) is 10.0 Å². The first-order valence-electron chi connectivity index (χ1n) is 8.75. The van der Waals surface area contributed by atoms with Crippen molar-refractivity contribution in [1.29, 1.82) is 0 Å². The molecule has 0 aliphatic rings. The van der Waals surface area contributed by atoms with E-state index in [9.17, 15) is 4.79 Å². The molecule has 0 aliphatic heterocycles. The summed E-state index contributed by atoms with van der Waals surface area (Å²) in [5.41, 5.74) is 2.37. The average molecular weight is 394 g/mol. The van der Waals surface area contributed by atoms with Gasteiger partial charge in [-0.3, -0.25) is 4.79 Å². The van der Waals surface area contributed by atoms with Crippen LogP contribution in [0.3, 0.4) is 0 Å². The Balaban J connectivity index is 2.01. The molecule has 0 aliphatic carbocycles. The van der Waals surface area contributed by atoms with Crippen LogP contribution >= 0.6 is 23.2 Å². The highest BCUT2D eigenvalue weighted by molar-refractivity contribution is 6.35. The fourth-order valence-electron chi connectivity index (χ4n) is 2.67. The zero-order valence-corrected chi connectivity index (χ0v) is 17.1. The van der Waals surface area contributed by atoms with Crippen LogP contribution in [0.25, 0.3) is 0 Å². The van der Waals surface area contributed by atoms with Crippen molar-refractivity contribution in [1.82, 2.24) is 5.32 Å². The molecular formula is C21H25Cl2NO2. The highest BCUT2D eigenvalue weighted by atomic mass is 35.5. The molecule has 1 atom stereocenters. The van der Waals surface area contributed by atoms with Gasteiger partial charge < -0.3 is 10.1 Å². The number of benzene rings is 2. The molecule has 0 aromatic heterocycles. The highest BCUT2D eigenvalue weighted by Gasteiger charge is 2.19. The minimum Gasteiger partial charge on any atom is -0.482 e. The third-order valence-corrected chi connectivity index (χ3v) is 4.73. The van der Waals surface area contributed by atoms with E-state index in [2.05, 4.69) is 57.3 Å². The van der Waals surface area contributed by atoms with Crippen molar-refractivity contribution in [2.75, 3.05) is 6.61 Å². The molecule has 0 saturated heterocycles. The maximum atomic E-state index is 12.4. The number of carbonyl (C=O) groups is 1. The zero-order chi connectivity index (χ0) is 19.3. The normalized spacial score (nSPS) is 12.3. The van der Waals surface area contributed by atoms with Crippen molar-refractivity contribution < 1.29 is 9.53 Å². The predicted octanol–water partition coefficient (Wildman–Crippen LogP) is 6.01. The lowest BCUT2D eigenvalue weighted by Gasteiger charge is -2.23. The first kappa shape index (κ1) is 20.6. The maximum Gasteiger partial charge on any atom is 0.258 e. The van der Waals surface area contributed by atoms with Gasteiger partial charge in [0.2, 0.25) is 0 Å². The standard InChI is InChI=1S/C21H25Cl2NO2/c1-13(2)15-5-7-16(8-6-15)21(14(3)4)24-20(25)12-26-19-10-9-17(22)11-18(19)23/h5-11,13-14,21H,12H2,1-4H3,(H,24,25)/t21-/m1/s1. The summed E-state index contributed by atoms with van der Waals surface area (Å²) < 4.78 is 5.52. The summed E-state index contributed by atoms with van der Waals surface area (Å²) in [5.74, 6) is 0.980. The van der Waals surface area contributed by atoms with E-state index in [4.69, 9.17) is 27.9 Å². The van der Waals surface area contributed by atoms with Crippen LogP contribution in [0.4, 0.5) is 0 Å². The van der Waals surface area contributed by atoms with Gasteiger partial charge in [0, 0.05) is 5.02 Å². The summed E-state index contributed by atoms with van der Waals surface area (Å²) >= 11 is 11.9. The predicted molar refractivity (Wildman–Crippen MR) is 108 cm³/mol. The fraction of sp³-hybridized carbons (Fsp3) is 0.381.